The van der Waals surface area contributed by atoms with Crippen LogP contribution in [0.4, 0.5) is 0 Å². The van der Waals surface area contributed by atoms with Crippen LogP contribution in [0.2, 0.25) is 0 Å². The molecule has 6 heavy (non-hydrogen) atoms. The van der Waals surface area contributed by atoms with Gasteiger partial charge >= 0.3 is 0 Å². The molecule has 0 bridgehead atoms. The average molecular weight is 120 g/mol. The van der Waals surface area contributed by atoms with E-state index < -0.39 is 0 Å². The van der Waals surface area contributed by atoms with Gasteiger partial charge in [-0.25, -0.2) is 0 Å². The third-order valence-corrected chi connectivity index (χ3v) is 0.709. The zero-order valence-corrected chi connectivity index (χ0v) is 5.42. The van der Waals surface area contributed by atoms with Gasteiger partial charge in [0.25, 0.3) is 0 Å². The topological polar surface area (TPSA) is 0 Å². The van der Waals surface area contributed by atoms with Crippen molar-refractivity contribution >= 4 is 25.3 Å². The summed E-state index contributed by atoms with van der Waals surface area (Å²) >= 11 is 7.87. The summed E-state index contributed by atoms with van der Waals surface area (Å²) in [5.74, 6) is 0. The lowest BCUT2D eigenvalue weighted by Gasteiger charge is -1.85. The fraction of sp³-hybridized carbons (Fsp3) is 0.500. The normalized spacial score (nSPS) is 15.8. The lowest BCUT2D eigenvalue weighted by molar-refractivity contribution is 1.27. The molecule has 0 amide bonds. The molecule has 0 aliphatic rings. The number of hydrogen-bond donors (Lipinski definition) is 2. The summed E-state index contributed by atoms with van der Waals surface area (Å²) < 4.78 is 0. The molecule has 0 aromatic heterocycles. The van der Waals surface area contributed by atoms with Crippen LogP contribution in [0.25, 0.3) is 0 Å². The van der Waals surface area contributed by atoms with Gasteiger partial charge in [-0.2, -0.15) is 25.3 Å². The molecule has 0 fully saturated rings. The largest absolute Gasteiger partial charge is 0.172 e. The fourth-order valence-electron chi connectivity index (χ4n) is 0.125. The Balaban J connectivity index is 3.03. The van der Waals surface area contributed by atoms with Gasteiger partial charge in [0.2, 0.25) is 0 Å². The van der Waals surface area contributed by atoms with E-state index in [1.807, 2.05) is 13.0 Å². The molecule has 0 aliphatic carbocycles. The van der Waals surface area contributed by atoms with Crippen molar-refractivity contribution in [2.75, 3.05) is 0 Å². The van der Waals surface area contributed by atoms with Crippen molar-refractivity contribution in [3.8, 4) is 0 Å². The summed E-state index contributed by atoms with van der Waals surface area (Å²) in [4.78, 5) is 0. The van der Waals surface area contributed by atoms with Crippen molar-refractivity contribution < 1.29 is 0 Å². The lowest BCUT2D eigenvalue weighted by atomic mass is 10.5. The molecule has 0 aliphatic heterocycles. The molecule has 0 radical (unpaired) electrons. The van der Waals surface area contributed by atoms with Crippen LogP contribution in [0.1, 0.15) is 6.92 Å². The molecule has 0 aromatic carbocycles. The van der Waals surface area contributed by atoms with E-state index in [-0.39, 0.29) is 0 Å². The van der Waals surface area contributed by atoms with Crippen LogP contribution in [-0.2, 0) is 0 Å². The first-order chi connectivity index (χ1) is 2.77. The Kier molecular flexibility index (Phi) is 3.89. The number of rotatable bonds is 1. The molecule has 36 valence electrons. The van der Waals surface area contributed by atoms with E-state index in [0.717, 1.165) is 0 Å². The highest BCUT2D eigenvalue weighted by Gasteiger charge is 1.77. The summed E-state index contributed by atoms with van der Waals surface area (Å²) in [6, 6.07) is 0. The SMILES string of the molecule is CC(S)C=CS. The Morgan fingerprint density at radius 3 is 2.17 bits per heavy atom. The third-order valence-electron chi connectivity index (χ3n) is 0.365. The Labute approximate surface area is 49.5 Å². The zero-order chi connectivity index (χ0) is 4.99. The maximum Gasteiger partial charge on any atom is 0.0176 e. The van der Waals surface area contributed by atoms with E-state index in [1.54, 1.807) is 5.41 Å². The van der Waals surface area contributed by atoms with Crippen LogP contribution in [0.15, 0.2) is 11.5 Å². The van der Waals surface area contributed by atoms with Gasteiger partial charge in [-0.05, 0) is 12.3 Å². The first kappa shape index (κ1) is 6.44. The zero-order valence-electron chi connectivity index (χ0n) is 3.63. The second kappa shape index (κ2) is 3.62. The minimum absolute atomic E-state index is 0.336. The molecule has 1 unspecified atom stereocenters. The van der Waals surface area contributed by atoms with Gasteiger partial charge in [-0.1, -0.05) is 6.08 Å². The summed E-state index contributed by atoms with van der Waals surface area (Å²) in [5, 5.41) is 2.03. The van der Waals surface area contributed by atoms with E-state index in [2.05, 4.69) is 25.3 Å². The molecule has 0 aromatic rings. The van der Waals surface area contributed by atoms with Crippen molar-refractivity contribution in [2.24, 2.45) is 0 Å². The number of hydrogen-bond acceptors (Lipinski definition) is 2. The first-order valence-electron chi connectivity index (χ1n) is 1.76. The molecule has 2 heteroatoms. The van der Waals surface area contributed by atoms with Crippen LogP contribution in [0.5, 0.6) is 0 Å². The van der Waals surface area contributed by atoms with Crippen LogP contribution in [0.3, 0.4) is 0 Å². The maximum atomic E-state index is 4.04. The van der Waals surface area contributed by atoms with Gasteiger partial charge in [0.05, 0.1) is 0 Å². The van der Waals surface area contributed by atoms with E-state index in [0.29, 0.717) is 5.25 Å². The van der Waals surface area contributed by atoms with Crippen molar-refractivity contribution in [2.45, 2.75) is 12.2 Å². The summed E-state index contributed by atoms with van der Waals surface area (Å²) in [5.41, 5.74) is 0. The predicted molar refractivity (Wildman–Crippen MR) is 36.6 cm³/mol. The molecule has 0 heterocycles. The Morgan fingerprint density at radius 1 is 1.67 bits per heavy atom. The summed E-state index contributed by atoms with van der Waals surface area (Å²) in [6.07, 6.45) is 1.90. The number of thiol groups is 2. The van der Waals surface area contributed by atoms with Gasteiger partial charge in [-0.3, -0.25) is 0 Å². The minimum atomic E-state index is 0.336. The Morgan fingerprint density at radius 2 is 2.17 bits per heavy atom. The summed E-state index contributed by atoms with van der Waals surface area (Å²) in [6.45, 7) is 1.98. The minimum Gasteiger partial charge on any atom is -0.172 e. The van der Waals surface area contributed by atoms with Crippen LogP contribution >= 0.6 is 25.3 Å². The van der Waals surface area contributed by atoms with Gasteiger partial charge < -0.3 is 0 Å². The van der Waals surface area contributed by atoms with Gasteiger partial charge in [0.1, 0.15) is 0 Å². The van der Waals surface area contributed by atoms with Gasteiger partial charge in [-0.15, -0.1) is 0 Å². The molecular weight excluding hydrogens is 112 g/mol. The van der Waals surface area contributed by atoms with Crippen molar-refractivity contribution in [1.82, 2.24) is 0 Å². The highest BCUT2D eigenvalue weighted by molar-refractivity contribution is 7.83. The molecule has 0 nitrogen and oxygen atoms in total. The average Bonchev–Trinajstić information content (AvgIpc) is 1.35. The molecule has 0 spiro atoms. The third kappa shape index (κ3) is 4.44. The van der Waals surface area contributed by atoms with Gasteiger partial charge in [0, 0.05) is 5.25 Å². The van der Waals surface area contributed by atoms with E-state index >= 15 is 0 Å². The Hall–Kier alpha value is 0.440. The Bertz CT molecular complexity index is 47.5. The van der Waals surface area contributed by atoms with Crippen LogP contribution in [0, 0.1) is 0 Å². The second-order valence-electron chi connectivity index (χ2n) is 1.08. The van der Waals surface area contributed by atoms with Crippen molar-refractivity contribution in [3.63, 3.8) is 0 Å². The molecule has 0 N–H and O–H groups in total. The van der Waals surface area contributed by atoms with Crippen LogP contribution in [-0.4, -0.2) is 5.25 Å². The maximum absolute atomic E-state index is 4.04. The molecule has 0 saturated heterocycles. The van der Waals surface area contributed by atoms with Gasteiger partial charge in [0.15, 0.2) is 0 Å². The highest BCUT2D eigenvalue weighted by atomic mass is 32.1. The second-order valence-corrected chi connectivity index (χ2v) is 2.19. The van der Waals surface area contributed by atoms with Crippen molar-refractivity contribution in [1.29, 1.82) is 0 Å². The molecule has 0 rings (SSSR count). The van der Waals surface area contributed by atoms with Crippen molar-refractivity contribution in [3.05, 3.63) is 11.5 Å². The van der Waals surface area contributed by atoms with E-state index in [9.17, 15) is 0 Å². The fourth-order valence-corrected chi connectivity index (χ4v) is 0.605. The predicted octanol–water partition coefficient (Wildman–Crippen LogP) is 1.75. The van der Waals surface area contributed by atoms with E-state index in [1.165, 1.54) is 0 Å². The smallest absolute Gasteiger partial charge is 0.0176 e. The molecule has 0 saturated carbocycles. The first-order valence-corrected chi connectivity index (χ1v) is 2.79. The highest BCUT2D eigenvalue weighted by Crippen LogP contribution is 1.93. The lowest BCUT2D eigenvalue weighted by Crippen LogP contribution is -1.77. The van der Waals surface area contributed by atoms with E-state index in [4.69, 9.17) is 0 Å². The molecular formula is C4H8S2. The summed E-state index contributed by atoms with van der Waals surface area (Å²) in [7, 11) is 0. The standard InChI is InChI=1S/C4H8S2/c1-4(6)2-3-5/h2-6H,1H3. The monoisotopic (exact) mass is 120 g/mol. The quantitative estimate of drug-likeness (QED) is 0.484. The molecule has 1 atom stereocenters. The van der Waals surface area contributed by atoms with Crippen LogP contribution < -0.4 is 0 Å².